The SMILES string of the molecule is CCc1c([C@H](C)NC[C@](C)(O)c2cnn(C)c2)oc2ccccc12. The number of rotatable bonds is 6. The van der Waals surface area contributed by atoms with Gasteiger partial charge in [0.05, 0.1) is 12.2 Å². The molecule has 2 heterocycles. The van der Waals surface area contributed by atoms with Crippen LogP contribution in [0.1, 0.15) is 43.7 Å². The molecule has 128 valence electrons. The molecular weight excluding hydrogens is 302 g/mol. The first kappa shape index (κ1) is 16.7. The number of aromatic nitrogens is 2. The van der Waals surface area contributed by atoms with Crippen molar-refractivity contribution in [1.29, 1.82) is 0 Å². The van der Waals surface area contributed by atoms with E-state index >= 15 is 0 Å². The van der Waals surface area contributed by atoms with Gasteiger partial charge in [-0.3, -0.25) is 4.68 Å². The average molecular weight is 327 g/mol. The van der Waals surface area contributed by atoms with E-state index in [-0.39, 0.29) is 6.04 Å². The lowest BCUT2D eigenvalue weighted by Crippen LogP contribution is -2.36. The van der Waals surface area contributed by atoms with Gasteiger partial charge in [0.1, 0.15) is 16.9 Å². The zero-order chi connectivity index (χ0) is 17.3. The molecule has 3 rings (SSSR count). The van der Waals surface area contributed by atoms with E-state index in [1.165, 1.54) is 10.9 Å². The fourth-order valence-electron chi connectivity index (χ4n) is 3.08. The summed E-state index contributed by atoms with van der Waals surface area (Å²) in [5, 5.41) is 19.4. The lowest BCUT2D eigenvalue weighted by Gasteiger charge is -2.24. The first-order valence-electron chi connectivity index (χ1n) is 8.37. The second-order valence-corrected chi connectivity index (χ2v) is 6.57. The van der Waals surface area contributed by atoms with Crippen LogP contribution in [0.2, 0.25) is 0 Å². The highest BCUT2D eigenvalue weighted by atomic mass is 16.3. The van der Waals surface area contributed by atoms with Crippen molar-refractivity contribution in [2.45, 2.75) is 38.8 Å². The van der Waals surface area contributed by atoms with Crippen molar-refractivity contribution < 1.29 is 9.52 Å². The van der Waals surface area contributed by atoms with Crippen molar-refractivity contribution in [3.63, 3.8) is 0 Å². The van der Waals surface area contributed by atoms with Crippen molar-refractivity contribution in [1.82, 2.24) is 15.1 Å². The van der Waals surface area contributed by atoms with E-state index in [0.717, 1.165) is 23.3 Å². The highest BCUT2D eigenvalue weighted by Gasteiger charge is 2.26. The van der Waals surface area contributed by atoms with Crippen LogP contribution in [0.4, 0.5) is 0 Å². The van der Waals surface area contributed by atoms with Crippen molar-refractivity contribution in [2.75, 3.05) is 6.54 Å². The third-order valence-electron chi connectivity index (χ3n) is 4.56. The highest BCUT2D eigenvalue weighted by Crippen LogP contribution is 2.31. The molecule has 2 atom stereocenters. The van der Waals surface area contributed by atoms with Gasteiger partial charge in [-0.2, -0.15) is 5.10 Å². The van der Waals surface area contributed by atoms with Crippen molar-refractivity contribution in [2.24, 2.45) is 7.05 Å². The molecule has 0 aliphatic heterocycles. The first-order valence-corrected chi connectivity index (χ1v) is 8.37. The minimum atomic E-state index is -0.985. The Hall–Kier alpha value is -2.11. The quantitative estimate of drug-likeness (QED) is 0.729. The molecule has 0 aliphatic carbocycles. The van der Waals surface area contributed by atoms with Crippen LogP contribution < -0.4 is 5.32 Å². The van der Waals surface area contributed by atoms with Crippen LogP contribution >= 0.6 is 0 Å². The van der Waals surface area contributed by atoms with Crippen molar-refractivity contribution in [3.8, 4) is 0 Å². The number of fused-ring (bicyclic) bond motifs is 1. The maximum atomic E-state index is 10.7. The summed E-state index contributed by atoms with van der Waals surface area (Å²) >= 11 is 0. The molecule has 3 aromatic rings. The van der Waals surface area contributed by atoms with Gasteiger partial charge in [0, 0.05) is 36.3 Å². The van der Waals surface area contributed by atoms with E-state index in [1.54, 1.807) is 17.8 Å². The van der Waals surface area contributed by atoms with Crippen LogP contribution in [-0.4, -0.2) is 21.4 Å². The molecule has 0 amide bonds. The summed E-state index contributed by atoms with van der Waals surface area (Å²) in [5.74, 6) is 0.945. The Balaban J connectivity index is 1.79. The minimum absolute atomic E-state index is 0.00972. The summed E-state index contributed by atoms with van der Waals surface area (Å²) in [5.41, 5.74) is 1.95. The summed E-state index contributed by atoms with van der Waals surface area (Å²) in [6, 6.07) is 8.12. The van der Waals surface area contributed by atoms with Crippen LogP contribution in [-0.2, 0) is 19.1 Å². The third kappa shape index (κ3) is 3.09. The smallest absolute Gasteiger partial charge is 0.134 e. The van der Waals surface area contributed by atoms with Gasteiger partial charge >= 0.3 is 0 Å². The van der Waals surface area contributed by atoms with E-state index in [0.29, 0.717) is 6.54 Å². The van der Waals surface area contributed by atoms with E-state index < -0.39 is 5.60 Å². The molecule has 0 fully saturated rings. The van der Waals surface area contributed by atoms with Gasteiger partial charge in [-0.05, 0) is 26.3 Å². The lowest BCUT2D eigenvalue weighted by molar-refractivity contribution is 0.0536. The summed E-state index contributed by atoms with van der Waals surface area (Å²) < 4.78 is 7.76. The van der Waals surface area contributed by atoms with Crippen LogP contribution in [0.15, 0.2) is 41.1 Å². The predicted octanol–water partition coefficient (Wildman–Crippen LogP) is 3.29. The summed E-state index contributed by atoms with van der Waals surface area (Å²) in [6.07, 6.45) is 4.45. The molecule has 0 saturated heterocycles. The molecule has 2 N–H and O–H groups in total. The number of hydrogen-bond acceptors (Lipinski definition) is 4. The van der Waals surface area contributed by atoms with Gasteiger partial charge < -0.3 is 14.8 Å². The summed E-state index contributed by atoms with van der Waals surface area (Å²) in [6.45, 7) is 6.42. The Morgan fingerprint density at radius 1 is 1.38 bits per heavy atom. The molecular formula is C19H25N3O2. The molecule has 5 nitrogen and oxygen atoms in total. The van der Waals surface area contributed by atoms with Gasteiger partial charge in [0.25, 0.3) is 0 Å². The number of nitrogens with one attached hydrogen (secondary N) is 1. The van der Waals surface area contributed by atoms with Crippen molar-refractivity contribution >= 4 is 11.0 Å². The average Bonchev–Trinajstić information content (AvgIpc) is 3.16. The molecule has 1 aromatic carbocycles. The maximum absolute atomic E-state index is 10.7. The molecule has 0 aliphatic rings. The number of aliphatic hydroxyl groups is 1. The molecule has 0 saturated carbocycles. The maximum Gasteiger partial charge on any atom is 0.134 e. The van der Waals surface area contributed by atoms with E-state index in [9.17, 15) is 5.11 Å². The highest BCUT2D eigenvalue weighted by molar-refractivity contribution is 5.82. The van der Waals surface area contributed by atoms with E-state index in [2.05, 4.69) is 30.3 Å². The van der Waals surface area contributed by atoms with Crippen LogP contribution in [0.3, 0.4) is 0 Å². The first-order chi connectivity index (χ1) is 11.4. The van der Waals surface area contributed by atoms with E-state index in [1.807, 2.05) is 31.4 Å². The molecule has 0 bridgehead atoms. The molecule has 0 radical (unpaired) electrons. The Kier molecular flexibility index (Phi) is 4.47. The van der Waals surface area contributed by atoms with Crippen LogP contribution in [0.25, 0.3) is 11.0 Å². The molecule has 0 spiro atoms. The standard InChI is InChI=1S/C19H25N3O2/c1-5-15-16-8-6-7-9-17(16)24-18(15)13(2)20-12-19(3,23)14-10-21-22(4)11-14/h6-11,13,20,23H,5,12H2,1-4H3/t13-,19-/m0/s1. The lowest BCUT2D eigenvalue weighted by atomic mass is 9.98. The van der Waals surface area contributed by atoms with Gasteiger partial charge in [-0.1, -0.05) is 25.1 Å². The molecule has 5 heteroatoms. The number of aryl methyl sites for hydroxylation is 2. The van der Waals surface area contributed by atoms with Gasteiger partial charge in [-0.15, -0.1) is 0 Å². The van der Waals surface area contributed by atoms with Gasteiger partial charge in [0.2, 0.25) is 0 Å². The number of nitrogens with zero attached hydrogens (tertiary/aromatic N) is 2. The van der Waals surface area contributed by atoms with Crippen LogP contribution in [0, 0.1) is 0 Å². The summed E-state index contributed by atoms with van der Waals surface area (Å²) in [4.78, 5) is 0. The minimum Gasteiger partial charge on any atom is -0.459 e. The second kappa shape index (κ2) is 6.42. The predicted molar refractivity (Wildman–Crippen MR) is 94.8 cm³/mol. The Morgan fingerprint density at radius 3 is 2.79 bits per heavy atom. The fourth-order valence-corrected chi connectivity index (χ4v) is 3.08. The molecule has 24 heavy (non-hydrogen) atoms. The van der Waals surface area contributed by atoms with E-state index in [4.69, 9.17) is 4.42 Å². The number of hydrogen-bond donors (Lipinski definition) is 2. The number of para-hydroxylation sites is 1. The second-order valence-electron chi connectivity index (χ2n) is 6.57. The zero-order valence-electron chi connectivity index (χ0n) is 14.7. The van der Waals surface area contributed by atoms with Crippen LogP contribution in [0.5, 0.6) is 0 Å². The Morgan fingerprint density at radius 2 is 2.12 bits per heavy atom. The normalized spacial score (nSPS) is 15.5. The number of benzene rings is 1. The largest absolute Gasteiger partial charge is 0.459 e. The topological polar surface area (TPSA) is 63.2 Å². The van der Waals surface area contributed by atoms with Gasteiger partial charge in [0.15, 0.2) is 0 Å². The molecule has 0 unspecified atom stereocenters. The Bertz CT molecular complexity index is 832. The van der Waals surface area contributed by atoms with Gasteiger partial charge in [-0.25, -0.2) is 0 Å². The number of furan rings is 1. The monoisotopic (exact) mass is 327 g/mol. The summed E-state index contributed by atoms with van der Waals surface area (Å²) in [7, 11) is 1.84. The van der Waals surface area contributed by atoms with Crippen molar-refractivity contribution in [3.05, 3.63) is 53.5 Å². The third-order valence-corrected chi connectivity index (χ3v) is 4.56. The molecule has 2 aromatic heterocycles. The Labute approximate surface area is 142 Å². The fraction of sp³-hybridized carbons (Fsp3) is 0.421. The zero-order valence-corrected chi connectivity index (χ0v) is 14.7.